The van der Waals surface area contributed by atoms with Gasteiger partial charge >= 0.3 is 0 Å². The molecule has 3 rings (SSSR count). The fraction of sp³-hybridized carbons (Fsp3) is 0.312. The molecule has 1 aliphatic heterocycles. The molecular formula is C16H18BrN5O2. The van der Waals surface area contributed by atoms with Gasteiger partial charge in [-0.05, 0) is 54.0 Å². The van der Waals surface area contributed by atoms with Crippen molar-refractivity contribution in [1.29, 1.82) is 0 Å². The van der Waals surface area contributed by atoms with Crippen LogP contribution in [0.1, 0.15) is 33.7 Å². The van der Waals surface area contributed by atoms with Crippen LogP contribution in [0, 0.1) is 0 Å². The average Bonchev–Trinajstić information content (AvgIpc) is 3.04. The SMILES string of the molecule is O=C(Nc1c[nH]nc1C(=O)NC1CCNCC1)c1ccccc1Br. The summed E-state index contributed by atoms with van der Waals surface area (Å²) in [6.07, 6.45) is 3.27. The van der Waals surface area contributed by atoms with Gasteiger partial charge in [-0.2, -0.15) is 5.10 Å². The minimum Gasteiger partial charge on any atom is -0.348 e. The number of hydrogen-bond donors (Lipinski definition) is 4. The smallest absolute Gasteiger partial charge is 0.274 e. The number of H-pyrrole nitrogens is 1. The van der Waals surface area contributed by atoms with Crippen LogP contribution >= 0.6 is 15.9 Å². The Balaban J connectivity index is 1.69. The van der Waals surface area contributed by atoms with Gasteiger partial charge in [-0.1, -0.05) is 12.1 Å². The molecule has 126 valence electrons. The van der Waals surface area contributed by atoms with Crippen molar-refractivity contribution in [3.8, 4) is 0 Å². The van der Waals surface area contributed by atoms with Crippen LogP contribution in [0.2, 0.25) is 0 Å². The van der Waals surface area contributed by atoms with E-state index in [1.165, 1.54) is 6.20 Å². The molecule has 7 nitrogen and oxygen atoms in total. The van der Waals surface area contributed by atoms with Crippen LogP contribution < -0.4 is 16.0 Å². The van der Waals surface area contributed by atoms with Crippen LogP contribution in [0.15, 0.2) is 34.9 Å². The number of anilines is 1. The molecule has 0 aliphatic carbocycles. The van der Waals surface area contributed by atoms with Gasteiger partial charge in [0, 0.05) is 16.7 Å². The third-order valence-electron chi connectivity index (χ3n) is 3.90. The summed E-state index contributed by atoms with van der Waals surface area (Å²) in [6.45, 7) is 1.77. The van der Waals surface area contributed by atoms with Gasteiger partial charge in [0.25, 0.3) is 11.8 Å². The lowest BCUT2D eigenvalue weighted by Gasteiger charge is -2.23. The van der Waals surface area contributed by atoms with Crippen molar-refractivity contribution in [2.45, 2.75) is 18.9 Å². The summed E-state index contributed by atoms with van der Waals surface area (Å²) in [5, 5.41) is 15.6. The van der Waals surface area contributed by atoms with Gasteiger partial charge in [-0.3, -0.25) is 14.7 Å². The van der Waals surface area contributed by atoms with E-state index in [0.717, 1.165) is 25.9 Å². The van der Waals surface area contributed by atoms with E-state index in [0.29, 0.717) is 15.7 Å². The highest BCUT2D eigenvalue weighted by atomic mass is 79.9. The second kappa shape index (κ2) is 7.59. The van der Waals surface area contributed by atoms with E-state index in [9.17, 15) is 9.59 Å². The Kier molecular flexibility index (Phi) is 5.27. The molecular weight excluding hydrogens is 374 g/mol. The maximum absolute atomic E-state index is 12.4. The van der Waals surface area contributed by atoms with Crippen molar-refractivity contribution in [3.63, 3.8) is 0 Å². The first-order valence-electron chi connectivity index (χ1n) is 7.76. The zero-order chi connectivity index (χ0) is 16.9. The molecule has 0 radical (unpaired) electrons. The predicted molar refractivity (Wildman–Crippen MR) is 94.0 cm³/mol. The summed E-state index contributed by atoms with van der Waals surface area (Å²) < 4.78 is 0.687. The van der Waals surface area contributed by atoms with Crippen molar-refractivity contribution in [2.75, 3.05) is 18.4 Å². The second-order valence-electron chi connectivity index (χ2n) is 5.58. The molecule has 1 aliphatic rings. The van der Waals surface area contributed by atoms with Crippen LogP contribution in [-0.2, 0) is 0 Å². The van der Waals surface area contributed by atoms with Gasteiger partial charge in [0.05, 0.1) is 11.3 Å². The summed E-state index contributed by atoms with van der Waals surface area (Å²) in [6, 6.07) is 7.22. The number of benzene rings is 1. The monoisotopic (exact) mass is 391 g/mol. The highest BCUT2D eigenvalue weighted by molar-refractivity contribution is 9.10. The zero-order valence-electron chi connectivity index (χ0n) is 12.9. The van der Waals surface area contributed by atoms with Gasteiger partial charge in [0.2, 0.25) is 0 Å². The van der Waals surface area contributed by atoms with Gasteiger partial charge in [-0.15, -0.1) is 0 Å². The van der Waals surface area contributed by atoms with E-state index in [-0.39, 0.29) is 23.6 Å². The van der Waals surface area contributed by atoms with Gasteiger partial charge in [0.15, 0.2) is 5.69 Å². The molecule has 4 N–H and O–H groups in total. The topological polar surface area (TPSA) is 98.9 Å². The largest absolute Gasteiger partial charge is 0.348 e. The minimum absolute atomic E-state index is 0.127. The molecule has 1 saturated heterocycles. The second-order valence-corrected chi connectivity index (χ2v) is 6.43. The molecule has 2 heterocycles. The van der Waals surface area contributed by atoms with Crippen LogP contribution in [0.25, 0.3) is 0 Å². The van der Waals surface area contributed by atoms with E-state index in [2.05, 4.69) is 42.1 Å². The standard InChI is InChI=1S/C16H18BrN5O2/c17-12-4-2-1-3-11(12)15(23)21-13-9-19-22-14(13)16(24)20-10-5-7-18-8-6-10/h1-4,9-10,18H,5-8H2,(H,19,22)(H,20,24)(H,21,23). The Morgan fingerprint density at radius 2 is 1.92 bits per heavy atom. The number of aromatic nitrogens is 2. The summed E-state index contributed by atoms with van der Waals surface area (Å²) >= 11 is 3.34. The van der Waals surface area contributed by atoms with Gasteiger partial charge in [0.1, 0.15) is 0 Å². The third kappa shape index (κ3) is 3.82. The molecule has 24 heavy (non-hydrogen) atoms. The number of piperidine rings is 1. The molecule has 2 amide bonds. The van der Waals surface area contributed by atoms with Crippen LogP contribution in [0.5, 0.6) is 0 Å². The lowest BCUT2D eigenvalue weighted by atomic mass is 10.1. The Morgan fingerprint density at radius 1 is 1.17 bits per heavy atom. The number of carbonyl (C=O) groups is 2. The van der Waals surface area contributed by atoms with Crippen molar-refractivity contribution in [2.24, 2.45) is 0 Å². The van der Waals surface area contributed by atoms with E-state index < -0.39 is 0 Å². The fourth-order valence-corrected chi connectivity index (χ4v) is 3.08. The molecule has 8 heteroatoms. The highest BCUT2D eigenvalue weighted by Crippen LogP contribution is 2.19. The number of halogens is 1. The van der Waals surface area contributed by atoms with E-state index in [4.69, 9.17) is 0 Å². The summed E-state index contributed by atoms with van der Waals surface area (Å²) in [4.78, 5) is 24.8. The van der Waals surface area contributed by atoms with Crippen molar-refractivity contribution >= 4 is 33.4 Å². The van der Waals surface area contributed by atoms with Crippen LogP contribution in [0.4, 0.5) is 5.69 Å². The zero-order valence-corrected chi connectivity index (χ0v) is 14.5. The number of rotatable bonds is 4. The molecule has 1 aromatic carbocycles. The average molecular weight is 392 g/mol. The minimum atomic E-state index is -0.306. The van der Waals surface area contributed by atoms with Crippen LogP contribution in [0.3, 0.4) is 0 Å². The fourth-order valence-electron chi connectivity index (χ4n) is 2.61. The molecule has 0 spiro atoms. The lowest BCUT2D eigenvalue weighted by Crippen LogP contribution is -2.43. The molecule has 2 aromatic rings. The van der Waals surface area contributed by atoms with Crippen molar-refractivity contribution in [1.82, 2.24) is 20.8 Å². The maximum Gasteiger partial charge on any atom is 0.274 e. The number of carbonyl (C=O) groups excluding carboxylic acids is 2. The van der Waals surface area contributed by atoms with E-state index >= 15 is 0 Å². The Morgan fingerprint density at radius 3 is 2.67 bits per heavy atom. The summed E-state index contributed by atoms with van der Waals surface area (Å²) in [7, 11) is 0. The normalized spacial score (nSPS) is 15.0. The summed E-state index contributed by atoms with van der Waals surface area (Å²) in [5.41, 5.74) is 1.04. The molecule has 1 aromatic heterocycles. The number of amides is 2. The summed E-state index contributed by atoms with van der Waals surface area (Å²) in [5.74, 6) is -0.592. The number of hydrogen-bond acceptors (Lipinski definition) is 4. The molecule has 0 unspecified atom stereocenters. The van der Waals surface area contributed by atoms with E-state index in [1.54, 1.807) is 18.2 Å². The Labute approximate surface area is 147 Å². The van der Waals surface area contributed by atoms with E-state index in [1.807, 2.05) is 6.07 Å². The van der Waals surface area contributed by atoms with Crippen LogP contribution in [-0.4, -0.2) is 41.1 Å². The van der Waals surface area contributed by atoms with Crippen molar-refractivity contribution < 1.29 is 9.59 Å². The molecule has 0 saturated carbocycles. The quantitative estimate of drug-likeness (QED) is 0.639. The van der Waals surface area contributed by atoms with Gasteiger partial charge < -0.3 is 16.0 Å². The first-order chi connectivity index (χ1) is 11.6. The lowest BCUT2D eigenvalue weighted by molar-refractivity contribution is 0.0925. The predicted octanol–water partition coefficient (Wildman–Crippen LogP) is 1.91. The molecule has 0 atom stereocenters. The van der Waals surface area contributed by atoms with Crippen molar-refractivity contribution in [3.05, 3.63) is 46.2 Å². The maximum atomic E-state index is 12.4. The Bertz CT molecular complexity index is 740. The Hall–Kier alpha value is -2.19. The number of nitrogens with zero attached hydrogens (tertiary/aromatic N) is 1. The number of aromatic amines is 1. The number of nitrogens with one attached hydrogen (secondary N) is 4. The highest BCUT2D eigenvalue weighted by Gasteiger charge is 2.21. The van der Waals surface area contributed by atoms with Gasteiger partial charge in [-0.25, -0.2) is 0 Å². The first kappa shape index (κ1) is 16.7. The first-order valence-corrected chi connectivity index (χ1v) is 8.55. The molecule has 0 bridgehead atoms. The molecule has 1 fully saturated rings. The third-order valence-corrected chi connectivity index (χ3v) is 4.59.